The zero-order chi connectivity index (χ0) is 7.72. The summed E-state index contributed by atoms with van der Waals surface area (Å²) in [5.41, 5.74) is 0. The Balaban J connectivity index is 2.73. The molecule has 0 aliphatic carbocycles. The van der Waals surface area contributed by atoms with E-state index in [1.807, 2.05) is 0 Å². The van der Waals surface area contributed by atoms with E-state index in [0.29, 0.717) is 0 Å². The Bertz CT molecular complexity index is 163. The fraction of sp³-hybridized carbons (Fsp3) is 0.600. The van der Waals surface area contributed by atoms with Crippen molar-refractivity contribution in [1.82, 2.24) is 0 Å². The number of aliphatic hydroxyl groups excluding tert-OH is 4. The highest BCUT2D eigenvalue weighted by Gasteiger charge is 2.32. The molecule has 0 saturated heterocycles. The minimum Gasteiger partial charge on any atom is -0.506 e. The van der Waals surface area contributed by atoms with Gasteiger partial charge in [0.15, 0.2) is 11.5 Å². The van der Waals surface area contributed by atoms with Crippen molar-refractivity contribution in [2.75, 3.05) is 6.61 Å². The molecule has 0 fully saturated rings. The lowest BCUT2D eigenvalue weighted by Gasteiger charge is -2.05. The van der Waals surface area contributed by atoms with E-state index in [0.717, 1.165) is 0 Å². The highest BCUT2D eigenvalue weighted by Crippen LogP contribution is 2.20. The summed E-state index contributed by atoms with van der Waals surface area (Å²) in [6, 6.07) is 0. The van der Waals surface area contributed by atoms with E-state index < -0.39 is 30.5 Å². The monoisotopic (exact) mass is 148 g/mol. The fourth-order valence-corrected chi connectivity index (χ4v) is 0.705. The third-order valence-corrected chi connectivity index (χ3v) is 1.26. The Morgan fingerprint density at radius 2 is 1.90 bits per heavy atom. The van der Waals surface area contributed by atoms with Crippen LogP contribution < -0.4 is 0 Å². The smallest absolute Gasteiger partial charge is 0.218 e. The molecule has 10 heavy (non-hydrogen) atoms. The first kappa shape index (κ1) is 7.33. The van der Waals surface area contributed by atoms with Crippen molar-refractivity contribution in [2.45, 2.75) is 12.4 Å². The highest BCUT2D eigenvalue weighted by molar-refractivity contribution is 5.11. The van der Waals surface area contributed by atoms with Crippen molar-refractivity contribution in [2.24, 2.45) is 0 Å². The predicted molar refractivity (Wildman–Crippen MR) is 30.2 cm³/mol. The molecule has 0 spiro atoms. The summed E-state index contributed by atoms with van der Waals surface area (Å²) in [6.45, 7) is -0.465. The SMILES string of the molecule is OC[C@@H]1OC(O)C(O)=C1O. The summed E-state index contributed by atoms with van der Waals surface area (Å²) in [5, 5.41) is 34.6. The lowest BCUT2D eigenvalue weighted by molar-refractivity contribution is -0.109. The molecule has 1 aliphatic rings. The minimum atomic E-state index is -1.50. The van der Waals surface area contributed by atoms with E-state index in [2.05, 4.69) is 4.74 Å². The van der Waals surface area contributed by atoms with Crippen molar-refractivity contribution < 1.29 is 25.2 Å². The van der Waals surface area contributed by atoms with Gasteiger partial charge in [0.2, 0.25) is 6.29 Å². The van der Waals surface area contributed by atoms with Gasteiger partial charge in [-0.3, -0.25) is 0 Å². The predicted octanol–water partition coefficient (Wildman–Crippen LogP) is -0.976. The van der Waals surface area contributed by atoms with Crippen molar-refractivity contribution in [3.05, 3.63) is 11.5 Å². The Labute approximate surface area is 56.8 Å². The number of aliphatic hydroxyl groups is 4. The second-order valence-electron chi connectivity index (χ2n) is 1.93. The standard InChI is InChI=1S/C5H8O5/c6-1-2-3(7)4(8)5(9)10-2/h2,5-9H,1H2/t2-,5?/m0/s1. The van der Waals surface area contributed by atoms with Crippen LogP contribution >= 0.6 is 0 Å². The van der Waals surface area contributed by atoms with Gasteiger partial charge in [-0.25, -0.2) is 0 Å². The molecule has 0 aromatic carbocycles. The molecule has 0 bridgehead atoms. The second kappa shape index (κ2) is 2.45. The van der Waals surface area contributed by atoms with Gasteiger partial charge in [-0.2, -0.15) is 0 Å². The zero-order valence-corrected chi connectivity index (χ0v) is 5.06. The van der Waals surface area contributed by atoms with Crippen LogP contribution in [-0.4, -0.2) is 39.4 Å². The molecule has 5 heteroatoms. The van der Waals surface area contributed by atoms with Crippen molar-refractivity contribution in [3.8, 4) is 0 Å². The normalized spacial score (nSPS) is 33.4. The van der Waals surface area contributed by atoms with Crippen LogP contribution in [0.25, 0.3) is 0 Å². The Morgan fingerprint density at radius 3 is 2.10 bits per heavy atom. The van der Waals surface area contributed by atoms with Gasteiger partial charge in [-0.1, -0.05) is 0 Å². The zero-order valence-electron chi connectivity index (χ0n) is 5.06. The van der Waals surface area contributed by atoms with Gasteiger partial charge in [0.1, 0.15) is 6.10 Å². The summed E-state index contributed by atoms with van der Waals surface area (Å²) < 4.78 is 4.47. The molecular weight excluding hydrogens is 140 g/mol. The quantitative estimate of drug-likeness (QED) is 0.384. The number of hydrogen-bond acceptors (Lipinski definition) is 5. The maximum Gasteiger partial charge on any atom is 0.218 e. The molecule has 1 aliphatic heterocycles. The summed E-state index contributed by atoms with van der Waals surface area (Å²) in [6.07, 6.45) is -2.49. The average Bonchev–Trinajstić information content (AvgIpc) is 2.17. The number of rotatable bonds is 1. The molecule has 5 nitrogen and oxygen atoms in total. The minimum absolute atomic E-state index is 0.465. The van der Waals surface area contributed by atoms with Gasteiger partial charge in [0.25, 0.3) is 0 Å². The molecule has 0 amide bonds. The van der Waals surface area contributed by atoms with Crippen LogP contribution in [0.3, 0.4) is 0 Å². The van der Waals surface area contributed by atoms with Gasteiger partial charge >= 0.3 is 0 Å². The van der Waals surface area contributed by atoms with Crippen molar-refractivity contribution in [3.63, 3.8) is 0 Å². The molecule has 0 aromatic rings. The molecule has 2 atom stereocenters. The topological polar surface area (TPSA) is 90.2 Å². The van der Waals surface area contributed by atoms with Crippen molar-refractivity contribution in [1.29, 1.82) is 0 Å². The van der Waals surface area contributed by atoms with Crippen LogP contribution in [0.5, 0.6) is 0 Å². The Morgan fingerprint density at radius 1 is 1.30 bits per heavy atom. The average molecular weight is 148 g/mol. The summed E-state index contributed by atoms with van der Waals surface area (Å²) in [4.78, 5) is 0. The Hall–Kier alpha value is -0.780. The van der Waals surface area contributed by atoms with Crippen LogP contribution in [0.4, 0.5) is 0 Å². The van der Waals surface area contributed by atoms with Crippen LogP contribution in [0.15, 0.2) is 11.5 Å². The maximum absolute atomic E-state index is 8.81. The van der Waals surface area contributed by atoms with E-state index in [-0.39, 0.29) is 0 Å². The lowest BCUT2D eigenvalue weighted by atomic mass is 10.3. The van der Waals surface area contributed by atoms with E-state index in [1.165, 1.54) is 0 Å². The highest BCUT2D eigenvalue weighted by atomic mass is 16.6. The van der Waals surface area contributed by atoms with Gasteiger partial charge in [-0.05, 0) is 0 Å². The molecule has 0 aromatic heterocycles. The Kier molecular flexibility index (Phi) is 1.80. The molecule has 1 unspecified atom stereocenters. The molecular formula is C5H8O5. The fourth-order valence-electron chi connectivity index (χ4n) is 0.705. The van der Waals surface area contributed by atoms with E-state index in [9.17, 15) is 0 Å². The largest absolute Gasteiger partial charge is 0.506 e. The van der Waals surface area contributed by atoms with Crippen LogP contribution in [-0.2, 0) is 4.74 Å². The van der Waals surface area contributed by atoms with E-state index in [1.54, 1.807) is 0 Å². The summed E-state index contributed by atoms with van der Waals surface area (Å²) in [7, 11) is 0. The van der Waals surface area contributed by atoms with Crippen LogP contribution in [0.1, 0.15) is 0 Å². The van der Waals surface area contributed by atoms with Crippen LogP contribution in [0, 0.1) is 0 Å². The number of hydrogen-bond donors (Lipinski definition) is 4. The maximum atomic E-state index is 8.81. The van der Waals surface area contributed by atoms with Gasteiger partial charge in [0.05, 0.1) is 6.61 Å². The summed E-state index contributed by atoms with van der Waals surface area (Å²) in [5.74, 6) is -1.13. The molecule has 1 rings (SSSR count). The molecule has 58 valence electrons. The first-order valence-electron chi connectivity index (χ1n) is 2.73. The first-order chi connectivity index (χ1) is 4.66. The molecule has 1 heterocycles. The van der Waals surface area contributed by atoms with Gasteiger partial charge in [-0.15, -0.1) is 0 Å². The summed E-state index contributed by atoms with van der Waals surface area (Å²) >= 11 is 0. The van der Waals surface area contributed by atoms with Crippen LogP contribution in [0.2, 0.25) is 0 Å². The molecule has 0 saturated carbocycles. The first-order valence-corrected chi connectivity index (χ1v) is 2.73. The van der Waals surface area contributed by atoms with E-state index in [4.69, 9.17) is 20.4 Å². The molecule has 0 radical (unpaired) electrons. The third kappa shape index (κ3) is 0.942. The lowest BCUT2D eigenvalue weighted by Crippen LogP contribution is -2.18. The van der Waals surface area contributed by atoms with Crippen molar-refractivity contribution >= 4 is 0 Å². The van der Waals surface area contributed by atoms with E-state index >= 15 is 0 Å². The molecule has 4 N–H and O–H groups in total. The number of ether oxygens (including phenoxy) is 1. The van der Waals surface area contributed by atoms with Gasteiger partial charge in [0, 0.05) is 0 Å². The second-order valence-corrected chi connectivity index (χ2v) is 1.93. The van der Waals surface area contributed by atoms with Gasteiger partial charge < -0.3 is 25.2 Å². The third-order valence-electron chi connectivity index (χ3n) is 1.26.